The normalized spacial score (nSPS) is 16.4. The van der Waals surface area contributed by atoms with E-state index < -0.39 is 29.6 Å². The summed E-state index contributed by atoms with van der Waals surface area (Å²) >= 11 is 0. The fourth-order valence-corrected chi connectivity index (χ4v) is 4.33. The van der Waals surface area contributed by atoms with Gasteiger partial charge in [0, 0.05) is 20.1 Å². The van der Waals surface area contributed by atoms with Crippen molar-refractivity contribution >= 4 is 18.0 Å². The fourth-order valence-electron chi connectivity index (χ4n) is 4.33. The second-order valence-corrected chi connectivity index (χ2v) is 8.16. The highest BCUT2D eigenvalue weighted by Gasteiger charge is 2.56. The summed E-state index contributed by atoms with van der Waals surface area (Å²) in [6.07, 6.45) is -0.859. The molecule has 2 aliphatic rings. The Bertz CT molecular complexity index is 1000. The van der Waals surface area contributed by atoms with Gasteiger partial charge in [-0.25, -0.2) is 9.59 Å². The summed E-state index contributed by atoms with van der Waals surface area (Å²) in [6, 6.07) is 16.1. The third kappa shape index (κ3) is 3.82. The molecule has 0 bridgehead atoms. The molecule has 1 unspecified atom stereocenters. The number of aliphatic carboxylic acids is 1. The molecule has 0 spiro atoms. The van der Waals surface area contributed by atoms with Gasteiger partial charge in [-0.05, 0) is 35.1 Å². The molecule has 2 aromatic rings. The van der Waals surface area contributed by atoms with E-state index in [9.17, 15) is 19.5 Å². The highest BCUT2D eigenvalue weighted by Crippen LogP contribution is 2.44. The van der Waals surface area contributed by atoms with Gasteiger partial charge in [-0.15, -0.1) is 0 Å². The van der Waals surface area contributed by atoms with Crippen LogP contribution in [0.25, 0.3) is 11.1 Å². The maximum atomic E-state index is 12.7. The maximum absolute atomic E-state index is 12.7. The van der Waals surface area contributed by atoms with E-state index in [-0.39, 0.29) is 19.1 Å². The number of carboxylic acid groups (broad SMARTS) is 1. The molecule has 2 N–H and O–H groups in total. The zero-order chi connectivity index (χ0) is 22.9. The van der Waals surface area contributed by atoms with Crippen LogP contribution in [-0.2, 0) is 19.1 Å². The lowest BCUT2D eigenvalue weighted by atomic mass is 9.98. The van der Waals surface area contributed by atoms with Crippen LogP contribution in [0.1, 0.15) is 29.9 Å². The van der Waals surface area contributed by atoms with Crippen molar-refractivity contribution in [1.82, 2.24) is 10.2 Å². The van der Waals surface area contributed by atoms with Gasteiger partial charge in [0.15, 0.2) is 6.10 Å². The molecule has 1 atom stereocenters. The van der Waals surface area contributed by atoms with Gasteiger partial charge in [0.2, 0.25) is 0 Å². The number of amides is 2. The Balaban J connectivity index is 1.34. The Morgan fingerprint density at radius 2 is 1.66 bits per heavy atom. The molecule has 0 radical (unpaired) electrons. The van der Waals surface area contributed by atoms with Crippen LogP contribution >= 0.6 is 0 Å². The summed E-state index contributed by atoms with van der Waals surface area (Å²) in [4.78, 5) is 37.7. The number of methoxy groups -OCH3 is 1. The third-order valence-corrected chi connectivity index (χ3v) is 6.43. The number of carbonyl (C=O) groups excluding carboxylic acids is 2. The van der Waals surface area contributed by atoms with Crippen LogP contribution in [0.5, 0.6) is 0 Å². The summed E-state index contributed by atoms with van der Waals surface area (Å²) < 4.78 is 10.7. The highest BCUT2D eigenvalue weighted by atomic mass is 16.5. The fraction of sp³-hybridized carbons (Fsp3) is 0.375. The van der Waals surface area contributed by atoms with Crippen molar-refractivity contribution in [2.75, 3.05) is 27.3 Å². The SMILES string of the molecule is COC(CNC(=O)OCC1c2ccccc2-c2ccccc21)C(=O)N(C)C1(C(=O)O)CC1. The molecule has 0 aliphatic heterocycles. The van der Waals surface area contributed by atoms with E-state index in [0.717, 1.165) is 22.3 Å². The lowest BCUT2D eigenvalue weighted by Gasteiger charge is -2.28. The Morgan fingerprint density at radius 1 is 1.09 bits per heavy atom. The van der Waals surface area contributed by atoms with E-state index >= 15 is 0 Å². The maximum Gasteiger partial charge on any atom is 0.407 e. The van der Waals surface area contributed by atoms with Gasteiger partial charge >= 0.3 is 12.1 Å². The highest BCUT2D eigenvalue weighted by molar-refractivity contribution is 5.91. The smallest absolute Gasteiger partial charge is 0.407 e. The van der Waals surface area contributed by atoms with Crippen molar-refractivity contribution in [3.63, 3.8) is 0 Å². The van der Waals surface area contributed by atoms with Gasteiger partial charge in [-0.1, -0.05) is 48.5 Å². The number of alkyl carbamates (subject to hydrolysis) is 1. The van der Waals surface area contributed by atoms with Gasteiger partial charge in [0.1, 0.15) is 12.1 Å². The Morgan fingerprint density at radius 3 is 2.16 bits per heavy atom. The zero-order valence-electron chi connectivity index (χ0n) is 18.0. The van der Waals surface area contributed by atoms with E-state index in [2.05, 4.69) is 17.4 Å². The Hall–Kier alpha value is -3.39. The Kier molecular flexibility index (Phi) is 5.88. The summed E-state index contributed by atoms with van der Waals surface area (Å²) in [5.74, 6) is -1.59. The summed E-state index contributed by atoms with van der Waals surface area (Å²) in [6.45, 7) is 0.0412. The molecule has 0 aromatic heterocycles. The molecule has 0 saturated heterocycles. The van der Waals surface area contributed by atoms with Gasteiger partial charge in [-0.2, -0.15) is 0 Å². The first-order chi connectivity index (χ1) is 15.4. The van der Waals surface area contributed by atoms with E-state index in [1.54, 1.807) is 0 Å². The number of carboxylic acids is 1. The van der Waals surface area contributed by atoms with E-state index in [0.29, 0.717) is 12.8 Å². The molecular weight excluding hydrogens is 412 g/mol. The number of hydrogen-bond acceptors (Lipinski definition) is 5. The quantitative estimate of drug-likeness (QED) is 0.657. The van der Waals surface area contributed by atoms with Crippen molar-refractivity contribution in [3.8, 4) is 11.1 Å². The van der Waals surface area contributed by atoms with Crippen LogP contribution in [0.3, 0.4) is 0 Å². The van der Waals surface area contributed by atoms with E-state index in [1.165, 1.54) is 19.1 Å². The van der Waals surface area contributed by atoms with Crippen molar-refractivity contribution in [3.05, 3.63) is 59.7 Å². The molecule has 0 heterocycles. The average molecular weight is 438 g/mol. The first-order valence-electron chi connectivity index (χ1n) is 10.5. The number of benzene rings is 2. The minimum Gasteiger partial charge on any atom is -0.479 e. The minimum atomic E-state index is -1.17. The van der Waals surface area contributed by atoms with Crippen LogP contribution < -0.4 is 5.32 Å². The van der Waals surface area contributed by atoms with Crippen molar-refractivity contribution in [1.29, 1.82) is 0 Å². The van der Waals surface area contributed by atoms with Gasteiger partial charge < -0.3 is 24.8 Å². The molecule has 8 nitrogen and oxygen atoms in total. The second-order valence-electron chi connectivity index (χ2n) is 8.16. The molecule has 1 saturated carbocycles. The molecule has 2 aromatic carbocycles. The number of hydrogen-bond donors (Lipinski definition) is 2. The number of nitrogens with one attached hydrogen (secondary N) is 1. The van der Waals surface area contributed by atoms with Gasteiger partial charge in [0.05, 0.1) is 6.54 Å². The molecule has 4 rings (SSSR count). The van der Waals surface area contributed by atoms with Gasteiger partial charge in [0.25, 0.3) is 5.91 Å². The van der Waals surface area contributed by atoms with Crippen molar-refractivity contribution < 1.29 is 29.0 Å². The van der Waals surface area contributed by atoms with Crippen LogP contribution in [0, 0.1) is 0 Å². The molecule has 32 heavy (non-hydrogen) atoms. The zero-order valence-corrected chi connectivity index (χ0v) is 18.0. The molecule has 8 heteroatoms. The molecule has 168 valence electrons. The standard InChI is InChI=1S/C24H26N2O6/c1-26(24(11-12-24)22(28)29)21(27)20(31-2)13-25-23(30)32-14-19-17-9-5-3-7-15(17)16-8-4-6-10-18(16)19/h3-10,19-20H,11-14H2,1-2H3,(H,25,30)(H,28,29). The van der Waals surface area contributed by atoms with E-state index in [4.69, 9.17) is 9.47 Å². The minimum absolute atomic E-state index is 0.0653. The topological polar surface area (TPSA) is 105 Å². The number of nitrogens with zero attached hydrogens (tertiary/aromatic N) is 1. The first-order valence-corrected chi connectivity index (χ1v) is 10.5. The first kappa shape index (κ1) is 21.8. The Labute approximate surface area is 186 Å². The van der Waals surface area contributed by atoms with Crippen molar-refractivity contribution in [2.24, 2.45) is 0 Å². The predicted molar refractivity (Wildman–Crippen MR) is 116 cm³/mol. The monoisotopic (exact) mass is 438 g/mol. The second kappa shape index (κ2) is 8.63. The molecule has 2 aliphatic carbocycles. The van der Waals surface area contributed by atoms with Crippen LogP contribution in [-0.4, -0.2) is 66.9 Å². The van der Waals surface area contributed by atoms with E-state index in [1.807, 2.05) is 36.4 Å². The molecule has 2 amide bonds. The molecular formula is C24H26N2O6. The summed E-state index contributed by atoms with van der Waals surface area (Å²) in [7, 11) is 2.79. The summed E-state index contributed by atoms with van der Waals surface area (Å²) in [5.41, 5.74) is 3.32. The lowest BCUT2D eigenvalue weighted by Crippen LogP contribution is -2.51. The number of ether oxygens (including phenoxy) is 2. The summed E-state index contributed by atoms with van der Waals surface area (Å²) in [5, 5.41) is 11.9. The largest absolute Gasteiger partial charge is 0.479 e. The van der Waals surface area contributed by atoms with Gasteiger partial charge in [-0.3, -0.25) is 4.79 Å². The van der Waals surface area contributed by atoms with Crippen LogP contribution in [0.2, 0.25) is 0 Å². The third-order valence-electron chi connectivity index (χ3n) is 6.43. The number of likely N-dealkylation sites (N-methyl/N-ethyl adjacent to an activating group) is 1. The number of rotatable bonds is 8. The number of fused-ring (bicyclic) bond motifs is 3. The lowest BCUT2D eigenvalue weighted by molar-refractivity contribution is -0.155. The van der Waals surface area contributed by atoms with Crippen molar-refractivity contribution in [2.45, 2.75) is 30.4 Å². The average Bonchev–Trinajstić information content (AvgIpc) is 3.56. The molecule has 1 fully saturated rings. The van der Waals surface area contributed by atoms with Crippen LogP contribution in [0.15, 0.2) is 48.5 Å². The predicted octanol–water partition coefficient (Wildman–Crippen LogP) is 2.62. The van der Waals surface area contributed by atoms with Crippen LogP contribution in [0.4, 0.5) is 4.79 Å². The number of carbonyl (C=O) groups is 3.